The van der Waals surface area contributed by atoms with Crippen molar-refractivity contribution in [3.63, 3.8) is 0 Å². The molecular formula is C30H28N2. The fourth-order valence-corrected chi connectivity index (χ4v) is 5.64. The van der Waals surface area contributed by atoms with Crippen LogP contribution in [-0.4, -0.2) is 11.6 Å². The van der Waals surface area contributed by atoms with Gasteiger partial charge < -0.3 is 9.47 Å². The van der Waals surface area contributed by atoms with E-state index in [1.54, 1.807) is 0 Å². The largest absolute Gasteiger partial charge is 0.345 e. The van der Waals surface area contributed by atoms with Crippen LogP contribution in [0.4, 0.5) is 11.4 Å². The van der Waals surface area contributed by atoms with E-state index in [0.29, 0.717) is 0 Å². The number of aromatic nitrogens is 1. The minimum Gasteiger partial charge on any atom is -0.345 e. The number of hydrogen-bond donors (Lipinski definition) is 0. The van der Waals surface area contributed by atoms with E-state index in [1.165, 1.54) is 55.4 Å². The lowest BCUT2D eigenvalue weighted by Crippen LogP contribution is -2.16. The van der Waals surface area contributed by atoms with Crippen molar-refractivity contribution >= 4 is 33.2 Å². The molecule has 6 rings (SSSR count). The third-order valence-electron chi connectivity index (χ3n) is 7.41. The molecule has 158 valence electrons. The summed E-state index contributed by atoms with van der Waals surface area (Å²) < 4.78 is 2.41. The normalized spacial score (nSPS) is 14.0. The quantitative estimate of drug-likeness (QED) is 0.290. The van der Waals surface area contributed by atoms with Gasteiger partial charge in [0.15, 0.2) is 0 Å². The molecule has 0 spiro atoms. The number of para-hydroxylation sites is 1. The maximum absolute atomic E-state index is 2.41. The van der Waals surface area contributed by atoms with Crippen molar-refractivity contribution in [3.05, 3.63) is 96.1 Å². The van der Waals surface area contributed by atoms with Crippen molar-refractivity contribution < 1.29 is 0 Å². The van der Waals surface area contributed by atoms with Gasteiger partial charge in [0, 0.05) is 52.2 Å². The van der Waals surface area contributed by atoms with Crippen molar-refractivity contribution in [1.29, 1.82) is 0 Å². The third-order valence-corrected chi connectivity index (χ3v) is 7.41. The SMILES string of the molecule is CCn1c2ccccc2c2cc(N(C)c3ccc4c(c3)C(C)(C)c3ccccc3-4)ccc21. The second-order valence-corrected chi connectivity index (χ2v) is 9.42. The predicted molar refractivity (Wildman–Crippen MR) is 137 cm³/mol. The van der Waals surface area contributed by atoms with Crippen LogP contribution in [0.5, 0.6) is 0 Å². The van der Waals surface area contributed by atoms with Crippen LogP contribution in [0.1, 0.15) is 31.9 Å². The second kappa shape index (κ2) is 6.74. The molecule has 1 aliphatic carbocycles. The predicted octanol–water partition coefficient (Wildman–Crippen LogP) is 7.89. The average Bonchev–Trinajstić information content (AvgIpc) is 3.27. The Balaban J connectivity index is 1.47. The van der Waals surface area contributed by atoms with Gasteiger partial charge in [0.05, 0.1) is 0 Å². The molecule has 0 saturated carbocycles. The van der Waals surface area contributed by atoms with Crippen LogP contribution in [0.2, 0.25) is 0 Å². The van der Waals surface area contributed by atoms with Crippen LogP contribution in [0.3, 0.4) is 0 Å². The Bertz CT molecular complexity index is 1500. The van der Waals surface area contributed by atoms with Crippen LogP contribution in [0.25, 0.3) is 32.9 Å². The van der Waals surface area contributed by atoms with Gasteiger partial charge in [-0.25, -0.2) is 0 Å². The first kappa shape index (κ1) is 19.2. The first-order chi connectivity index (χ1) is 15.5. The van der Waals surface area contributed by atoms with E-state index in [9.17, 15) is 0 Å². The molecule has 0 saturated heterocycles. The standard InChI is InChI=1S/C30H28N2/c1-5-32-28-13-9-7-11-24(28)25-18-20(15-17-29(25)32)31(4)21-14-16-23-22-10-6-8-12-26(22)30(2,3)27(23)19-21/h6-19H,5H2,1-4H3. The van der Waals surface area contributed by atoms with Crippen molar-refractivity contribution in [2.45, 2.75) is 32.7 Å². The molecule has 0 radical (unpaired) electrons. The summed E-state index contributed by atoms with van der Waals surface area (Å²) in [4.78, 5) is 2.32. The Kier molecular flexibility index (Phi) is 4.04. The van der Waals surface area contributed by atoms with Gasteiger partial charge in [0.2, 0.25) is 0 Å². The Hall–Kier alpha value is -3.52. The van der Waals surface area contributed by atoms with Gasteiger partial charge in [-0.2, -0.15) is 0 Å². The highest BCUT2D eigenvalue weighted by molar-refractivity contribution is 6.09. The number of aryl methyl sites for hydroxylation is 1. The molecule has 0 N–H and O–H groups in total. The molecule has 0 fully saturated rings. The Morgan fingerprint density at radius 1 is 0.688 bits per heavy atom. The number of benzene rings is 4. The highest BCUT2D eigenvalue weighted by atomic mass is 15.1. The lowest BCUT2D eigenvalue weighted by Gasteiger charge is -2.25. The number of hydrogen-bond acceptors (Lipinski definition) is 1. The van der Waals surface area contributed by atoms with E-state index in [0.717, 1.165) is 6.54 Å². The summed E-state index contributed by atoms with van der Waals surface area (Å²) in [7, 11) is 2.18. The summed E-state index contributed by atoms with van der Waals surface area (Å²) in [6.07, 6.45) is 0. The Labute approximate surface area is 189 Å². The van der Waals surface area contributed by atoms with Crippen LogP contribution < -0.4 is 4.90 Å². The summed E-state index contributed by atoms with van der Waals surface area (Å²) in [6, 6.07) is 31.4. The number of anilines is 2. The lowest BCUT2D eigenvalue weighted by atomic mass is 9.82. The van der Waals surface area contributed by atoms with Gasteiger partial charge in [-0.15, -0.1) is 0 Å². The summed E-state index contributed by atoms with van der Waals surface area (Å²) in [5, 5.41) is 2.64. The fraction of sp³-hybridized carbons (Fsp3) is 0.200. The first-order valence-corrected chi connectivity index (χ1v) is 11.5. The molecule has 5 aromatic rings. The van der Waals surface area contributed by atoms with Crippen LogP contribution >= 0.6 is 0 Å². The highest BCUT2D eigenvalue weighted by Crippen LogP contribution is 2.49. The molecule has 0 atom stereocenters. The minimum atomic E-state index is 0.0152. The molecule has 2 heteroatoms. The molecule has 1 aliphatic rings. The molecule has 2 nitrogen and oxygen atoms in total. The van der Waals surface area contributed by atoms with Crippen molar-refractivity contribution in [3.8, 4) is 11.1 Å². The van der Waals surface area contributed by atoms with Crippen LogP contribution in [0, 0.1) is 0 Å². The monoisotopic (exact) mass is 416 g/mol. The highest BCUT2D eigenvalue weighted by Gasteiger charge is 2.35. The minimum absolute atomic E-state index is 0.0152. The topological polar surface area (TPSA) is 8.17 Å². The van der Waals surface area contributed by atoms with Crippen LogP contribution in [-0.2, 0) is 12.0 Å². The molecule has 1 heterocycles. The Morgan fingerprint density at radius 3 is 2.19 bits per heavy atom. The third kappa shape index (κ3) is 2.53. The van der Waals surface area contributed by atoms with Gasteiger partial charge in [0.25, 0.3) is 0 Å². The van der Waals surface area contributed by atoms with Gasteiger partial charge in [-0.05, 0) is 65.6 Å². The zero-order chi connectivity index (χ0) is 22.0. The molecular weight excluding hydrogens is 388 g/mol. The van der Waals surface area contributed by atoms with Gasteiger partial charge >= 0.3 is 0 Å². The number of nitrogens with zero attached hydrogens (tertiary/aromatic N) is 2. The van der Waals surface area contributed by atoms with E-state index in [4.69, 9.17) is 0 Å². The zero-order valence-electron chi connectivity index (χ0n) is 19.2. The summed E-state index contributed by atoms with van der Waals surface area (Å²) in [5.74, 6) is 0. The fourth-order valence-electron chi connectivity index (χ4n) is 5.64. The van der Waals surface area contributed by atoms with E-state index >= 15 is 0 Å². The first-order valence-electron chi connectivity index (χ1n) is 11.5. The van der Waals surface area contributed by atoms with E-state index in [1.807, 2.05) is 0 Å². The van der Waals surface area contributed by atoms with E-state index in [2.05, 4.69) is 122 Å². The molecule has 0 bridgehead atoms. The second-order valence-electron chi connectivity index (χ2n) is 9.42. The maximum Gasteiger partial charge on any atom is 0.0492 e. The molecule has 0 amide bonds. The maximum atomic E-state index is 2.41. The molecule has 0 unspecified atom stereocenters. The zero-order valence-corrected chi connectivity index (χ0v) is 19.2. The van der Waals surface area contributed by atoms with E-state index in [-0.39, 0.29) is 5.41 Å². The average molecular weight is 417 g/mol. The van der Waals surface area contributed by atoms with Crippen LogP contribution in [0.15, 0.2) is 84.9 Å². The van der Waals surface area contributed by atoms with E-state index < -0.39 is 0 Å². The molecule has 1 aromatic heterocycles. The molecule has 32 heavy (non-hydrogen) atoms. The van der Waals surface area contributed by atoms with Gasteiger partial charge in [0.1, 0.15) is 0 Å². The molecule has 4 aromatic carbocycles. The lowest BCUT2D eigenvalue weighted by molar-refractivity contribution is 0.660. The van der Waals surface area contributed by atoms with Gasteiger partial charge in [-0.3, -0.25) is 0 Å². The molecule has 0 aliphatic heterocycles. The Morgan fingerprint density at radius 2 is 1.34 bits per heavy atom. The summed E-state index contributed by atoms with van der Waals surface area (Å²) >= 11 is 0. The number of rotatable bonds is 3. The summed E-state index contributed by atoms with van der Waals surface area (Å²) in [5.41, 5.74) is 10.6. The smallest absolute Gasteiger partial charge is 0.0492 e. The van der Waals surface area contributed by atoms with Gasteiger partial charge in [-0.1, -0.05) is 62.4 Å². The van der Waals surface area contributed by atoms with Crippen molar-refractivity contribution in [2.75, 3.05) is 11.9 Å². The summed E-state index contributed by atoms with van der Waals surface area (Å²) in [6.45, 7) is 7.87. The van der Waals surface area contributed by atoms with Crippen molar-refractivity contribution in [1.82, 2.24) is 4.57 Å². The number of fused-ring (bicyclic) bond motifs is 6. The van der Waals surface area contributed by atoms with Crippen molar-refractivity contribution in [2.24, 2.45) is 0 Å².